The highest BCUT2D eigenvalue weighted by Crippen LogP contribution is 2.33. The lowest BCUT2D eigenvalue weighted by atomic mass is 9.96. The van der Waals surface area contributed by atoms with Gasteiger partial charge in [0, 0.05) is 0 Å². The van der Waals surface area contributed by atoms with Crippen LogP contribution in [0.5, 0.6) is 0 Å². The molecule has 0 radical (unpaired) electrons. The first kappa shape index (κ1) is 17.0. The molecule has 0 aliphatic rings. The van der Waals surface area contributed by atoms with Crippen molar-refractivity contribution in [3.63, 3.8) is 0 Å². The standard InChI is InChI=1S/C15H21F4N/c1-10(2)9-20-7-6-11(3)12-4-5-13(14(16)8-12)15(17,18)19/h4-5,8,10-11,20H,6-7,9H2,1-3H3. The quantitative estimate of drug-likeness (QED) is 0.597. The summed E-state index contributed by atoms with van der Waals surface area (Å²) in [4.78, 5) is 0. The Morgan fingerprint density at radius 2 is 1.80 bits per heavy atom. The largest absolute Gasteiger partial charge is 0.419 e. The van der Waals surface area contributed by atoms with E-state index in [9.17, 15) is 17.6 Å². The van der Waals surface area contributed by atoms with E-state index >= 15 is 0 Å². The van der Waals surface area contributed by atoms with E-state index in [4.69, 9.17) is 0 Å². The Bertz CT molecular complexity index is 426. The van der Waals surface area contributed by atoms with Gasteiger partial charge in [-0.3, -0.25) is 0 Å². The first-order valence-electron chi connectivity index (χ1n) is 6.79. The van der Waals surface area contributed by atoms with Crippen LogP contribution < -0.4 is 5.32 Å². The molecule has 1 atom stereocenters. The number of hydrogen-bond acceptors (Lipinski definition) is 1. The van der Waals surface area contributed by atoms with Crippen LogP contribution in [0.1, 0.15) is 44.2 Å². The summed E-state index contributed by atoms with van der Waals surface area (Å²) in [6.07, 6.45) is -3.87. The Hall–Kier alpha value is -1.10. The molecular weight excluding hydrogens is 270 g/mol. The molecule has 0 bridgehead atoms. The third kappa shape index (κ3) is 5.12. The molecule has 1 nitrogen and oxygen atoms in total. The van der Waals surface area contributed by atoms with E-state index < -0.39 is 17.6 Å². The summed E-state index contributed by atoms with van der Waals surface area (Å²) in [5.74, 6) is -0.628. The molecule has 0 amide bonds. The summed E-state index contributed by atoms with van der Waals surface area (Å²) < 4.78 is 50.8. The molecule has 0 heterocycles. The average molecular weight is 291 g/mol. The molecule has 0 aromatic heterocycles. The molecule has 0 saturated heterocycles. The minimum absolute atomic E-state index is 0.0199. The second kappa shape index (κ2) is 7.07. The second-order valence-corrected chi connectivity index (χ2v) is 5.52. The van der Waals surface area contributed by atoms with Crippen LogP contribution in [-0.4, -0.2) is 13.1 Å². The van der Waals surface area contributed by atoms with Gasteiger partial charge >= 0.3 is 6.18 Å². The Kier molecular flexibility index (Phi) is 5.99. The maximum atomic E-state index is 13.5. The minimum atomic E-state index is -4.63. The Morgan fingerprint density at radius 1 is 1.15 bits per heavy atom. The number of rotatable bonds is 6. The fourth-order valence-electron chi connectivity index (χ4n) is 1.94. The molecule has 0 fully saturated rings. The summed E-state index contributed by atoms with van der Waals surface area (Å²) in [6, 6.07) is 3.18. The molecule has 0 spiro atoms. The van der Waals surface area contributed by atoms with E-state index in [0.29, 0.717) is 11.5 Å². The van der Waals surface area contributed by atoms with Crippen LogP contribution in [0.25, 0.3) is 0 Å². The zero-order valence-corrected chi connectivity index (χ0v) is 12.0. The van der Waals surface area contributed by atoms with Gasteiger partial charge in [0.1, 0.15) is 5.82 Å². The second-order valence-electron chi connectivity index (χ2n) is 5.52. The fourth-order valence-corrected chi connectivity index (χ4v) is 1.94. The lowest BCUT2D eigenvalue weighted by Gasteiger charge is -2.15. The minimum Gasteiger partial charge on any atom is -0.316 e. The third-order valence-corrected chi connectivity index (χ3v) is 3.17. The highest BCUT2D eigenvalue weighted by Gasteiger charge is 2.34. The van der Waals surface area contributed by atoms with E-state index in [-0.39, 0.29) is 5.92 Å². The maximum absolute atomic E-state index is 13.5. The van der Waals surface area contributed by atoms with Crippen LogP contribution in [0.4, 0.5) is 17.6 Å². The van der Waals surface area contributed by atoms with Crippen LogP contribution in [0.15, 0.2) is 18.2 Å². The summed E-state index contributed by atoms with van der Waals surface area (Å²) in [5.41, 5.74) is -0.603. The van der Waals surface area contributed by atoms with Gasteiger partial charge in [-0.05, 0) is 49.0 Å². The predicted molar refractivity (Wildman–Crippen MR) is 72.1 cm³/mol. The summed E-state index contributed by atoms with van der Waals surface area (Å²) in [6.45, 7) is 7.75. The van der Waals surface area contributed by atoms with Gasteiger partial charge in [0.05, 0.1) is 5.56 Å². The molecule has 0 aliphatic carbocycles. The molecule has 1 N–H and O–H groups in total. The van der Waals surface area contributed by atoms with Crippen molar-refractivity contribution in [1.29, 1.82) is 0 Å². The van der Waals surface area contributed by atoms with Crippen molar-refractivity contribution < 1.29 is 17.6 Å². The molecule has 0 saturated carbocycles. The zero-order chi connectivity index (χ0) is 15.3. The van der Waals surface area contributed by atoms with Crippen molar-refractivity contribution in [3.05, 3.63) is 35.1 Å². The van der Waals surface area contributed by atoms with Gasteiger partial charge in [0.2, 0.25) is 0 Å². The van der Waals surface area contributed by atoms with Gasteiger partial charge in [0.25, 0.3) is 0 Å². The van der Waals surface area contributed by atoms with E-state index in [2.05, 4.69) is 19.2 Å². The van der Waals surface area contributed by atoms with Gasteiger partial charge in [0.15, 0.2) is 0 Å². The Labute approximate surface area is 117 Å². The van der Waals surface area contributed by atoms with Crippen molar-refractivity contribution in [2.75, 3.05) is 13.1 Å². The summed E-state index contributed by atoms with van der Waals surface area (Å²) >= 11 is 0. The van der Waals surface area contributed by atoms with Gasteiger partial charge in [-0.1, -0.05) is 26.8 Å². The molecule has 0 aliphatic heterocycles. The SMILES string of the molecule is CC(C)CNCCC(C)c1ccc(C(F)(F)F)c(F)c1. The molecule has 1 rings (SSSR count). The van der Waals surface area contributed by atoms with E-state index in [1.165, 1.54) is 6.07 Å². The average Bonchev–Trinajstić information content (AvgIpc) is 2.32. The lowest BCUT2D eigenvalue weighted by molar-refractivity contribution is -0.140. The number of nitrogens with one attached hydrogen (secondary N) is 1. The molecule has 114 valence electrons. The molecule has 1 unspecified atom stereocenters. The maximum Gasteiger partial charge on any atom is 0.419 e. The number of benzene rings is 1. The van der Waals surface area contributed by atoms with Crippen LogP contribution in [0.2, 0.25) is 0 Å². The van der Waals surface area contributed by atoms with Crippen molar-refractivity contribution in [2.45, 2.75) is 39.3 Å². The van der Waals surface area contributed by atoms with Crippen LogP contribution in [0.3, 0.4) is 0 Å². The Morgan fingerprint density at radius 3 is 2.30 bits per heavy atom. The Balaban J connectivity index is 2.61. The molecule has 5 heteroatoms. The van der Waals surface area contributed by atoms with E-state index in [0.717, 1.165) is 31.6 Å². The summed E-state index contributed by atoms with van der Waals surface area (Å²) in [5, 5.41) is 3.26. The smallest absolute Gasteiger partial charge is 0.316 e. The van der Waals surface area contributed by atoms with Crippen LogP contribution >= 0.6 is 0 Å². The van der Waals surface area contributed by atoms with Gasteiger partial charge < -0.3 is 5.32 Å². The first-order valence-corrected chi connectivity index (χ1v) is 6.79. The predicted octanol–water partition coefficient (Wildman–Crippen LogP) is 4.58. The van der Waals surface area contributed by atoms with Crippen LogP contribution in [0, 0.1) is 11.7 Å². The monoisotopic (exact) mass is 291 g/mol. The highest BCUT2D eigenvalue weighted by molar-refractivity contribution is 5.28. The van der Waals surface area contributed by atoms with Gasteiger partial charge in [-0.2, -0.15) is 13.2 Å². The highest BCUT2D eigenvalue weighted by atomic mass is 19.4. The van der Waals surface area contributed by atoms with Crippen molar-refractivity contribution in [3.8, 4) is 0 Å². The number of hydrogen-bond donors (Lipinski definition) is 1. The molecular formula is C15H21F4N. The van der Waals surface area contributed by atoms with E-state index in [1.807, 2.05) is 6.92 Å². The molecule has 20 heavy (non-hydrogen) atoms. The topological polar surface area (TPSA) is 12.0 Å². The van der Waals surface area contributed by atoms with Crippen molar-refractivity contribution >= 4 is 0 Å². The third-order valence-electron chi connectivity index (χ3n) is 3.17. The lowest BCUT2D eigenvalue weighted by Crippen LogP contribution is -2.21. The number of alkyl halides is 3. The first-order chi connectivity index (χ1) is 9.21. The summed E-state index contributed by atoms with van der Waals surface area (Å²) in [7, 11) is 0. The number of halogens is 4. The molecule has 1 aromatic carbocycles. The molecule has 1 aromatic rings. The van der Waals surface area contributed by atoms with Crippen molar-refractivity contribution in [1.82, 2.24) is 5.32 Å². The van der Waals surface area contributed by atoms with Crippen molar-refractivity contribution in [2.24, 2.45) is 5.92 Å². The van der Waals surface area contributed by atoms with E-state index in [1.54, 1.807) is 0 Å². The zero-order valence-electron chi connectivity index (χ0n) is 12.0. The van der Waals surface area contributed by atoms with Gasteiger partial charge in [-0.25, -0.2) is 4.39 Å². The van der Waals surface area contributed by atoms with Crippen LogP contribution in [-0.2, 0) is 6.18 Å². The van der Waals surface area contributed by atoms with Gasteiger partial charge in [-0.15, -0.1) is 0 Å². The normalized spacial score (nSPS) is 13.8. The fraction of sp³-hybridized carbons (Fsp3) is 0.600.